The zero-order valence-electron chi connectivity index (χ0n) is 11.5. The van der Waals surface area contributed by atoms with Crippen molar-refractivity contribution >= 4 is 17.4 Å². The van der Waals surface area contributed by atoms with Crippen molar-refractivity contribution in [3.8, 4) is 0 Å². The summed E-state index contributed by atoms with van der Waals surface area (Å²) in [7, 11) is 1.52. The van der Waals surface area contributed by atoms with E-state index in [1.165, 1.54) is 13.3 Å². The summed E-state index contributed by atoms with van der Waals surface area (Å²) in [5, 5.41) is 4.51. The summed E-state index contributed by atoms with van der Waals surface area (Å²) in [4.78, 5) is 12.7. The van der Waals surface area contributed by atoms with Crippen molar-refractivity contribution in [2.24, 2.45) is 0 Å². The van der Waals surface area contributed by atoms with Gasteiger partial charge in [-0.1, -0.05) is 48.9 Å². The van der Waals surface area contributed by atoms with Gasteiger partial charge in [0.25, 0.3) is 0 Å². The molecule has 0 aliphatic carbocycles. The third kappa shape index (κ3) is 2.92. The van der Waals surface area contributed by atoms with Crippen molar-refractivity contribution in [1.29, 1.82) is 0 Å². The van der Waals surface area contributed by atoms with Crippen LogP contribution in [0.25, 0.3) is 0 Å². The summed E-state index contributed by atoms with van der Waals surface area (Å²) in [6.07, 6.45) is 1.71. The summed E-state index contributed by atoms with van der Waals surface area (Å²) < 4.78 is 7.00. The first-order chi connectivity index (χ1) is 9.69. The number of benzene rings is 1. The number of halogens is 1. The summed E-state index contributed by atoms with van der Waals surface area (Å²) in [6, 6.07) is 9.37. The van der Waals surface area contributed by atoms with Gasteiger partial charge in [-0.25, -0.2) is 0 Å². The number of hydrogen-bond acceptors (Lipinski definition) is 3. The molecule has 0 amide bonds. The molecule has 1 unspecified atom stereocenters. The fraction of sp³-hybridized carbons (Fsp3) is 0.333. The number of carbonyl (C=O) groups is 1. The molecule has 0 aliphatic rings. The Morgan fingerprint density at radius 1 is 1.40 bits per heavy atom. The molecule has 106 valence electrons. The number of hydrogen-bond donors (Lipinski definition) is 0. The van der Waals surface area contributed by atoms with Crippen LogP contribution in [0.1, 0.15) is 35.5 Å². The van der Waals surface area contributed by atoms with Crippen molar-refractivity contribution in [2.75, 3.05) is 7.11 Å². The molecule has 0 saturated heterocycles. The number of aromatic nitrogens is 2. The van der Waals surface area contributed by atoms with E-state index in [1.54, 1.807) is 4.68 Å². The van der Waals surface area contributed by atoms with Gasteiger partial charge in [0.1, 0.15) is 11.8 Å². The second-order valence-electron chi connectivity index (χ2n) is 4.45. The molecule has 4 nitrogen and oxygen atoms in total. The highest BCUT2D eigenvalue weighted by Gasteiger charge is 2.27. The molecule has 1 heterocycles. The minimum atomic E-state index is -0.666. The minimum Gasteiger partial charge on any atom is -0.368 e. The quantitative estimate of drug-likeness (QED) is 0.765. The molecule has 1 aromatic carbocycles. The molecule has 1 atom stereocenters. The lowest BCUT2D eigenvalue weighted by molar-refractivity contribution is 0.0593. The molecule has 0 radical (unpaired) electrons. The van der Waals surface area contributed by atoms with Crippen LogP contribution in [-0.4, -0.2) is 22.7 Å². The summed E-state index contributed by atoms with van der Waals surface area (Å²) >= 11 is 6.10. The molecule has 2 rings (SSSR count). The number of Topliss-reactive ketones (excluding diaryl/α,β-unsaturated/α-hetero) is 1. The number of nitrogens with zero attached hydrogens (tertiary/aromatic N) is 2. The predicted octanol–water partition coefficient (Wildman–Crippen LogP) is 3.52. The van der Waals surface area contributed by atoms with Crippen molar-refractivity contribution < 1.29 is 9.53 Å². The minimum absolute atomic E-state index is 0.172. The Hall–Kier alpha value is -1.65. The van der Waals surface area contributed by atoms with Crippen LogP contribution in [0.2, 0.25) is 5.02 Å². The van der Waals surface area contributed by atoms with E-state index < -0.39 is 6.10 Å². The lowest BCUT2D eigenvalue weighted by Crippen LogP contribution is -2.19. The normalized spacial score (nSPS) is 12.3. The van der Waals surface area contributed by atoms with Gasteiger partial charge in [0.2, 0.25) is 5.78 Å². The van der Waals surface area contributed by atoms with Gasteiger partial charge in [-0.05, 0) is 12.0 Å². The van der Waals surface area contributed by atoms with Crippen molar-refractivity contribution in [2.45, 2.75) is 26.0 Å². The standard InChI is InChI=1S/C15H17ClN2O2/c1-3-9-18-13(12(16)10-17-18)14(19)15(20-2)11-7-5-4-6-8-11/h4-8,10,15H,3,9H2,1-2H3. The molecule has 20 heavy (non-hydrogen) atoms. The Morgan fingerprint density at radius 2 is 2.10 bits per heavy atom. The Kier molecular flexibility index (Phi) is 4.93. The van der Waals surface area contributed by atoms with Crippen LogP contribution >= 0.6 is 11.6 Å². The lowest BCUT2D eigenvalue weighted by atomic mass is 10.0. The van der Waals surface area contributed by atoms with Crippen LogP contribution in [0, 0.1) is 0 Å². The first-order valence-electron chi connectivity index (χ1n) is 6.52. The lowest BCUT2D eigenvalue weighted by Gasteiger charge is -2.15. The second-order valence-corrected chi connectivity index (χ2v) is 4.86. The van der Waals surface area contributed by atoms with Crippen LogP contribution in [-0.2, 0) is 11.3 Å². The molecule has 1 aromatic heterocycles. The van der Waals surface area contributed by atoms with E-state index in [9.17, 15) is 4.79 Å². The molecule has 0 saturated carbocycles. The number of ether oxygens (including phenoxy) is 1. The zero-order valence-corrected chi connectivity index (χ0v) is 12.3. The van der Waals surface area contributed by atoms with E-state index in [4.69, 9.17) is 16.3 Å². The second kappa shape index (κ2) is 6.68. The maximum Gasteiger partial charge on any atom is 0.215 e. The first kappa shape index (κ1) is 14.8. The van der Waals surface area contributed by atoms with E-state index in [0.717, 1.165) is 12.0 Å². The van der Waals surface area contributed by atoms with Crippen molar-refractivity contribution in [3.05, 3.63) is 52.8 Å². The molecule has 0 aliphatic heterocycles. The van der Waals surface area contributed by atoms with E-state index >= 15 is 0 Å². The van der Waals surface area contributed by atoms with E-state index in [0.29, 0.717) is 17.3 Å². The average molecular weight is 293 g/mol. The Labute approximate surface area is 123 Å². The predicted molar refractivity (Wildman–Crippen MR) is 78.1 cm³/mol. The van der Waals surface area contributed by atoms with Gasteiger partial charge >= 0.3 is 0 Å². The van der Waals surface area contributed by atoms with Gasteiger partial charge in [-0.3, -0.25) is 9.48 Å². The maximum absolute atomic E-state index is 12.7. The third-order valence-corrected chi connectivity index (χ3v) is 3.32. The van der Waals surface area contributed by atoms with Gasteiger partial charge < -0.3 is 4.74 Å². The van der Waals surface area contributed by atoms with Gasteiger partial charge in [0, 0.05) is 13.7 Å². The van der Waals surface area contributed by atoms with Gasteiger partial charge in [-0.15, -0.1) is 0 Å². The summed E-state index contributed by atoms with van der Waals surface area (Å²) in [5.41, 5.74) is 1.21. The van der Waals surface area contributed by atoms with Crippen LogP contribution in [0.4, 0.5) is 0 Å². The highest BCUT2D eigenvalue weighted by molar-refractivity contribution is 6.33. The molecule has 0 spiro atoms. The number of rotatable bonds is 6. The van der Waals surface area contributed by atoms with Gasteiger partial charge in [0.15, 0.2) is 0 Å². The van der Waals surface area contributed by atoms with Crippen molar-refractivity contribution in [3.63, 3.8) is 0 Å². The number of ketones is 1. The molecule has 2 aromatic rings. The number of carbonyl (C=O) groups excluding carboxylic acids is 1. The Balaban J connectivity index is 2.36. The SMILES string of the molecule is CCCn1ncc(Cl)c1C(=O)C(OC)c1ccccc1. The molecule has 0 N–H and O–H groups in total. The highest BCUT2D eigenvalue weighted by atomic mass is 35.5. The zero-order chi connectivity index (χ0) is 14.5. The average Bonchev–Trinajstić information content (AvgIpc) is 2.82. The van der Waals surface area contributed by atoms with Gasteiger partial charge in [-0.2, -0.15) is 5.10 Å². The molecular weight excluding hydrogens is 276 g/mol. The fourth-order valence-corrected chi connectivity index (χ4v) is 2.37. The van der Waals surface area contributed by atoms with Crippen LogP contribution in [0.15, 0.2) is 36.5 Å². The van der Waals surface area contributed by atoms with E-state index in [-0.39, 0.29) is 5.78 Å². The van der Waals surface area contributed by atoms with Gasteiger partial charge in [0.05, 0.1) is 11.2 Å². The Bertz CT molecular complexity index is 581. The van der Waals surface area contributed by atoms with Crippen LogP contribution < -0.4 is 0 Å². The number of methoxy groups -OCH3 is 1. The largest absolute Gasteiger partial charge is 0.368 e. The van der Waals surface area contributed by atoms with E-state index in [1.807, 2.05) is 37.3 Å². The molecule has 0 bridgehead atoms. The molecule has 5 heteroatoms. The number of aryl methyl sites for hydroxylation is 1. The molecular formula is C15H17ClN2O2. The van der Waals surface area contributed by atoms with E-state index in [2.05, 4.69) is 5.10 Å². The summed E-state index contributed by atoms with van der Waals surface area (Å²) in [6.45, 7) is 2.67. The Morgan fingerprint density at radius 3 is 2.70 bits per heavy atom. The smallest absolute Gasteiger partial charge is 0.215 e. The first-order valence-corrected chi connectivity index (χ1v) is 6.90. The monoisotopic (exact) mass is 292 g/mol. The summed E-state index contributed by atoms with van der Waals surface area (Å²) in [5.74, 6) is -0.172. The van der Waals surface area contributed by atoms with Crippen molar-refractivity contribution in [1.82, 2.24) is 9.78 Å². The fourth-order valence-electron chi connectivity index (χ4n) is 2.14. The molecule has 0 fully saturated rings. The van der Waals surface area contributed by atoms with Crippen LogP contribution in [0.5, 0.6) is 0 Å². The maximum atomic E-state index is 12.7. The topological polar surface area (TPSA) is 44.1 Å². The van der Waals surface area contributed by atoms with Crippen LogP contribution in [0.3, 0.4) is 0 Å². The highest BCUT2D eigenvalue weighted by Crippen LogP contribution is 2.26. The third-order valence-electron chi connectivity index (χ3n) is 3.04.